The van der Waals surface area contributed by atoms with Crippen LogP contribution >= 0.6 is 11.6 Å². The van der Waals surface area contributed by atoms with Crippen LogP contribution < -0.4 is 14.2 Å². The lowest BCUT2D eigenvalue weighted by molar-refractivity contribution is -0.385. The second-order valence-electron chi connectivity index (χ2n) is 5.19. The third kappa shape index (κ3) is 4.97. The Hall–Kier alpha value is -3.14. The second-order valence-corrected chi connectivity index (χ2v) is 5.62. The Morgan fingerprint density at radius 2 is 1.82 bits per heavy atom. The van der Waals surface area contributed by atoms with Crippen molar-refractivity contribution in [3.63, 3.8) is 0 Å². The number of methoxy groups -OCH3 is 2. The van der Waals surface area contributed by atoms with Crippen LogP contribution in [0, 0.1) is 10.1 Å². The van der Waals surface area contributed by atoms with Crippen LogP contribution in [0.3, 0.4) is 0 Å². The van der Waals surface area contributed by atoms with E-state index in [0.29, 0.717) is 22.4 Å². The highest BCUT2D eigenvalue weighted by atomic mass is 35.5. The van der Waals surface area contributed by atoms with Crippen molar-refractivity contribution >= 4 is 23.3 Å². The minimum atomic E-state index is -3.23. The molecule has 2 rings (SSSR count). The van der Waals surface area contributed by atoms with Crippen molar-refractivity contribution in [1.29, 1.82) is 0 Å². The first-order valence-electron chi connectivity index (χ1n) is 7.57. The molecule has 0 saturated heterocycles. The van der Waals surface area contributed by atoms with Gasteiger partial charge in [0.15, 0.2) is 11.5 Å². The first-order valence-corrected chi connectivity index (χ1v) is 7.95. The molecule has 0 aromatic heterocycles. The smallest absolute Gasteiger partial charge is 0.387 e. The van der Waals surface area contributed by atoms with Crippen molar-refractivity contribution in [3.8, 4) is 17.2 Å². The van der Waals surface area contributed by atoms with Crippen LogP contribution in [0.2, 0.25) is 5.02 Å². The minimum Gasteiger partial charge on any atom is -0.496 e. The van der Waals surface area contributed by atoms with E-state index in [0.717, 1.165) is 13.2 Å². The van der Waals surface area contributed by atoms with E-state index in [-0.39, 0.29) is 12.4 Å². The molecule has 0 aliphatic rings. The number of carbonyl (C=O) groups is 1. The average molecular weight is 418 g/mol. The number of nitro benzene ring substituents is 1. The van der Waals surface area contributed by atoms with Crippen molar-refractivity contribution in [2.45, 2.75) is 13.2 Å². The molecule has 0 fully saturated rings. The summed E-state index contributed by atoms with van der Waals surface area (Å²) in [6.45, 7) is -3.53. The quantitative estimate of drug-likeness (QED) is 0.360. The van der Waals surface area contributed by atoms with Crippen LogP contribution in [-0.4, -0.2) is 31.7 Å². The first-order chi connectivity index (χ1) is 13.3. The van der Waals surface area contributed by atoms with Crippen LogP contribution in [0.25, 0.3) is 0 Å². The monoisotopic (exact) mass is 417 g/mol. The fraction of sp³-hybridized carbons (Fsp3) is 0.235. The molecule has 150 valence electrons. The highest BCUT2D eigenvalue weighted by molar-refractivity contribution is 6.30. The first kappa shape index (κ1) is 21.2. The van der Waals surface area contributed by atoms with Crippen molar-refractivity contribution in [2.75, 3.05) is 14.2 Å². The number of rotatable bonds is 8. The summed E-state index contributed by atoms with van der Waals surface area (Å²) in [6.07, 6.45) is 0. The summed E-state index contributed by atoms with van der Waals surface area (Å²) in [6, 6.07) is 6.20. The maximum Gasteiger partial charge on any atom is 0.387 e. The van der Waals surface area contributed by atoms with Crippen LogP contribution in [0.5, 0.6) is 17.2 Å². The normalized spacial score (nSPS) is 10.5. The van der Waals surface area contributed by atoms with Gasteiger partial charge in [0.25, 0.3) is 5.69 Å². The number of benzene rings is 2. The number of ether oxygens (including phenoxy) is 4. The fourth-order valence-electron chi connectivity index (χ4n) is 2.29. The molecule has 2 aromatic rings. The van der Waals surface area contributed by atoms with E-state index in [9.17, 15) is 23.7 Å². The number of esters is 1. The lowest BCUT2D eigenvalue weighted by Crippen LogP contribution is -2.11. The Bertz CT molecular complexity index is 892. The van der Waals surface area contributed by atoms with E-state index in [1.165, 1.54) is 13.2 Å². The summed E-state index contributed by atoms with van der Waals surface area (Å²) in [5.41, 5.74) is -0.848. The molecular formula is C17H14ClF2NO7. The van der Waals surface area contributed by atoms with Gasteiger partial charge in [-0.3, -0.25) is 10.1 Å². The Kier molecular flexibility index (Phi) is 6.94. The number of alkyl halides is 2. The summed E-state index contributed by atoms with van der Waals surface area (Å²) in [4.78, 5) is 22.7. The van der Waals surface area contributed by atoms with Crippen LogP contribution in [0.15, 0.2) is 30.3 Å². The maximum atomic E-state index is 12.5. The van der Waals surface area contributed by atoms with Crippen molar-refractivity contribution in [1.82, 2.24) is 0 Å². The topological polar surface area (TPSA) is 97.1 Å². The molecule has 0 saturated carbocycles. The lowest BCUT2D eigenvalue weighted by Gasteiger charge is -2.13. The molecule has 0 spiro atoms. The molecule has 8 nitrogen and oxygen atoms in total. The van der Waals surface area contributed by atoms with Gasteiger partial charge in [-0.15, -0.1) is 0 Å². The standard InChI is InChI=1S/C17H14ClF2NO7/c1-25-13-4-3-10(18)5-9(13)8-27-16(22)11-6-14(26-2)15(28-17(19)20)7-12(11)21(23)24/h3-7,17H,8H2,1-2H3. The summed E-state index contributed by atoms with van der Waals surface area (Å²) in [5.74, 6) is -1.56. The van der Waals surface area contributed by atoms with Crippen molar-refractivity contribution < 1.29 is 37.4 Å². The van der Waals surface area contributed by atoms with Gasteiger partial charge in [-0.25, -0.2) is 4.79 Å². The van der Waals surface area contributed by atoms with Crippen LogP contribution in [0.1, 0.15) is 15.9 Å². The molecule has 0 atom stereocenters. The highest BCUT2D eigenvalue weighted by Crippen LogP contribution is 2.36. The predicted octanol–water partition coefficient (Wildman–Crippen LogP) is 4.22. The van der Waals surface area contributed by atoms with E-state index in [1.807, 2.05) is 0 Å². The van der Waals surface area contributed by atoms with Gasteiger partial charge in [-0.1, -0.05) is 11.6 Å². The minimum absolute atomic E-state index is 0.293. The lowest BCUT2D eigenvalue weighted by atomic mass is 10.1. The average Bonchev–Trinajstić information content (AvgIpc) is 2.65. The van der Waals surface area contributed by atoms with Crippen molar-refractivity contribution in [3.05, 3.63) is 56.6 Å². The van der Waals surface area contributed by atoms with Gasteiger partial charge in [-0.05, 0) is 18.2 Å². The second kappa shape index (κ2) is 9.18. The van der Waals surface area contributed by atoms with Crippen LogP contribution in [-0.2, 0) is 11.3 Å². The molecule has 11 heteroatoms. The molecular weight excluding hydrogens is 404 g/mol. The van der Waals surface area contributed by atoms with Gasteiger partial charge in [0.1, 0.15) is 17.9 Å². The summed E-state index contributed by atoms with van der Waals surface area (Å²) in [5, 5.41) is 11.6. The zero-order chi connectivity index (χ0) is 20.8. The molecule has 0 radical (unpaired) electrons. The molecule has 0 aliphatic carbocycles. The van der Waals surface area contributed by atoms with E-state index < -0.39 is 34.5 Å². The zero-order valence-corrected chi connectivity index (χ0v) is 15.4. The van der Waals surface area contributed by atoms with Gasteiger partial charge in [0.2, 0.25) is 0 Å². The largest absolute Gasteiger partial charge is 0.496 e. The maximum absolute atomic E-state index is 12.5. The molecule has 0 bridgehead atoms. The third-order valence-corrected chi connectivity index (χ3v) is 3.75. The molecule has 0 amide bonds. The third-order valence-electron chi connectivity index (χ3n) is 3.52. The molecule has 28 heavy (non-hydrogen) atoms. The molecule has 0 aliphatic heterocycles. The van der Waals surface area contributed by atoms with Gasteiger partial charge < -0.3 is 18.9 Å². The zero-order valence-electron chi connectivity index (χ0n) is 14.6. The molecule has 2 aromatic carbocycles. The Balaban J connectivity index is 2.34. The van der Waals surface area contributed by atoms with Gasteiger partial charge in [-0.2, -0.15) is 8.78 Å². The number of nitrogens with zero attached hydrogens (tertiary/aromatic N) is 1. The van der Waals surface area contributed by atoms with E-state index in [1.54, 1.807) is 12.1 Å². The SMILES string of the molecule is COc1ccc(Cl)cc1COC(=O)c1cc(OC)c(OC(F)F)cc1[N+](=O)[O-]. The Morgan fingerprint density at radius 3 is 2.39 bits per heavy atom. The van der Waals surface area contributed by atoms with Crippen molar-refractivity contribution in [2.24, 2.45) is 0 Å². The van der Waals surface area contributed by atoms with E-state index in [2.05, 4.69) is 4.74 Å². The summed E-state index contributed by atoms with van der Waals surface area (Å²) >= 11 is 5.89. The number of hydrogen-bond donors (Lipinski definition) is 0. The number of hydrogen-bond acceptors (Lipinski definition) is 7. The van der Waals surface area contributed by atoms with E-state index >= 15 is 0 Å². The Morgan fingerprint density at radius 1 is 1.14 bits per heavy atom. The predicted molar refractivity (Wildman–Crippen MR) is 93.4 cm³/mol. The number of carbonyl (C=O) groups excluding carboxylic acids is 1. The molecule has 0 unspecified atom stereocenters. The number of halogens is 3. The number of nitro groups is 1. The van der Waals surface area contributed by atoms with Gasteiger partial charge >= 0.3 is 12.6 Å². The molecule has 0 N–H and O–H groups in total. The van der Waals surface area contributed by atoms with Gasteiger partial charge in [0, 0.05) is 16.7 Å². The summed E-state index contributed by atoms with van der Waals surface area (Å²) < 4.78 is 44.2. The Labute approximate surface area is 162 Å². The fourth-order valence-corrected chi connectivity index (χ4v) is 2.49. The highest BCUT2D eigenvalue weighted by Gasteiger charge is 2.27. The van der Waals surface area contributed by atoms with Gasteiger partial charge in [0.05, 0.1) is 25.2 Å². The summed E-state index contributed by atoms with van der Waals surface area (Å²) in [7, 11) is 2.54. The van der Waals surface area contributed by atoms with Crippen LogP contribution in [0.4, 0.5) is 14.5 Å². The van der Waals surface area contributed by atoms with E-state index in [4.69, 9.17) is 25.8 Å². The molecule has 0 heterocycles.